The summed E-state index contributed by atoms with van der Waals surface area (Å²) in [5.41, 5.74) is 2.36. The Morgan fingerprint density at radius 1 is 1.20 bits per heavy atom. The minimum atomic E-state index is -3.05. The van der Waals surface area contributed by atoms with Gasteiger partial charge in [-0.25, -0.2) is 4.98 Å². The zero-order chi connectivity index (χ0) is 25.1. The average Bonchev–Trinajstić information content (AvgIpc) is 3.40. The van der Waals surface area contributed by atoms with Gasteiger partial charge in [0.1, 0.15) is 16.5 Å². The number of halogens is 2. The van der Waals surface area contributed by atoms with Crippen LogP contribution in [0, 0.1) is 18.8 Å². The molecular formula is C25H23F2N5O2S. The molecule has 0 spiro atoms. The minimum absolute atomic E-state index is 0.111. The molecule has 0 aliphatic rings. The second kappa shape index (κ2) is 10.3. The molecule has 2 aromatic heterocycles. The fraction of sp³-hybridized carbons (Fsp3) is 0.280. The maximum absolute atomic E-state index is 13.3. The van der Waals surface area contributed by atoms with E-state index < -0.39 is 6.61 Å². The lowest BCUT2D eigenvalue weighted by Crippen LogP contribution is -2.23. The third-order valence-corrected chi connectivity index (χ3v) is 6.18. The highest BCUT2D eigenvalue weighted by Crippen LogP contribution is 2.36. The lowest BCUT2D eigenvalue weighted by molar-refractivity contribution is -0.0498. The summed E-state index contributed by atoms with van der Waals surface area (Å²) >= 11 is 1.39. The van der Waals surface area contributed by atoms with E-state index in [1.54, 1.807) is 10.6 Å². The van der Waals surface area contributed by atoms with Crippen LogP contribution in [0.2, 0.25) is 0 Å². The number of benzene rings is 2. The van der Waals surface area contributed by atoms with E-state index in [9.17, 15) is 13.6 Å². The number of rotatable bonds is 7. The highest BCUT2D eigenvalue weighted by Gasteiger charge is 2.26. The Kier molecular flexibility index (Phi) is 7.19. The van der Waals surface area contributed by atoms with Crippen LogP contribution < -0.4 is 4.74 Å². The molecule has 0 amide bonds. The molecule has 4 aromatic rings. The van der Waals surface area contributed by atoms with Crippen molar-refractivity contribution in [2.45, 2.75) is 32.9 Å². The van der Waals surface area contributed by atoms with Crippen molar-refractivity contribution in [1.82, 2.24) is 24.6 Å². The Hall–Kier alpha value is -3.68. The van der Waals surface area contributed by atoms with E-state index >= 15 is 0 Å². The van der Waals surface area contributed by atoms with Gasteiger partial charge in [-0.1, -0.05) is 30.2 Å². The Labute approximate surface area is 205 Å². The first kappa shape index (κ1) is 24.4. The van der Waals surface area contributed by atoms with Crippen molar-refractivity contribution < 1.29 is 18.3 Å². The number of aromatic nitrogens is 4. The molecule has 4 rings (SSSR count). The van der Waals surface area contributed by atoms with Crippen molar-refractivity contribution in [3.8, 4) is 23.3 Å². The molecular weight excluding hydrogens is 472 g/mol. The zero-order valence-corrected chi connectivity index (χ0v) is 20.4. The summed E-state index contributed by atoms with van der Waals surface area (Å²) < 4.78 is 33.2. The van der Waals surface area contributed by atoms with Gasteiger partial charge in [0.2, 0.25) is 0 Å². The molecule has 2 heterocycles. The predicted octanol–water partition coefficient (Wildman–Crippen LogP) is 5.01. The van der Waals surface area contributed by atoms with E-state index in [1.165, 1.54) is 23.5 Å². The van der Waals surface area contributed by atoms with E-state index in [4.69, 9.17) is 9.72 Å². The molecule has 0 bridgehead atoms. The van der Waals surface area contributed by atoms with Gasteiger partial charge in [0, 0.05) is 11.1 Å². The number of nitrogens with zero attached hydrogens (tertiary/aromatic N) is 5. The lowest BCUT2D eigenvalue weighted by atomic mass is 10.1. The Balaban J connectivity index is 2.00. The molecule has 180 valence electrons. The van der Waals surface area contributed by atoms with Gasteiger partial charge in [-0.15, -0.1) is 10.2 Å². The highest BCUT2D eigenvalue weighted by atomic mass is 32.1. The largest absolute Gasteiger partial charge is 0.433 e. The molecule has 7 nitrogen and oxygen atoms in total. The molecule has 0 saturated heterocycles. The van der Waals surface area contributed by atoms with Crippen molar-refractivity contribution in [1.29, 1.82) is 0 Å². The smallest absolute Gasteiger partial charge is 0.387 e. The van der Waals surface area contributed by atoms with Gasteiger partial charge in [0.25, 0.3) is 0 Å². The van der Waals surface area contributed by atoms with Gasteiger partial charge < -0.3 is 4.74 Å². The molecule has 0 N–H and O–H groups in total. The van der Waals surface area contributed by atoms with E-state index in [0.29, 0.717) is 40.1 Å². The van der Waals surface area contributed by atoms with E-state index in [0.717, 1.165) is 5.01 Å². The number of carbonyl (C=O) groups excluding carboxylic acids is 1. The molecule has 35 heavy (non-hydrogen) atoms. The zero-order valence-electron chi connectivity index (χ0n) is 19.6. The third-order valence-electron chi connectivity index (χ3n) is 5.43. The maximum atomic E-state index is 13.3. The number of para-hydroxylation sites is 1. The Morgan fingerprint density at radius 3 is 2.63 bits per heavy atom. The average molecular weight is 496 g/mol. The molecule has 0 radical (unpaired) electrons. The summed E-state index contributed by atoms with van der Waals surface area (Å²) in [6, 6.07) is 9.82. The molecule has 0 fully saturated rings. The SMILES string of the molecule is CCC(c1nc2ccc(C#Cc3nnc(C)s3)cc2n1-c1c(C=O)cccc1OC(F)F)N(C)C. The van der Waals surface area contributed by atoms with Gasteiger partial charge >= 0.3 is 6.61 Å². The number of aldehydes is 1. The minimum Gasteiger partial charge on any atom is -0.433 e. The number of ether oxygens (including phenoxy) is 1. The number of aryl methyl sites for hydroxylation is 1. The van der Waals surface area contributed by atoms with Crippen molar-refractivity contribution in [3.63, 3.8) is 0 Å². The van der Waals surface area contributed by atoms with E-state index in [2.05, 4.69) is 22.0 Å². The first-order chi connectivity index (χ1) is 16.8. The number of hydrogen-bond donors (Lipinski definition) is 0. The van der Waals surface area contributed by atoms with Crippen LogP contribution in [-0.2, 0) is 0 Å². The quantitative estimate of drug-likeness (QED) is 0.265. The predicted molar refractivity (Wildman–Crippen MR) is 130 cm³/mol. The fourth-order valence-corrected chi connectivity index (χ4v) is 4.49. The van der Waals surface area contributed by atoms with Gasteiger partial charge in [0.05, 0.1) is 17.1 Å². The van der Waals surface area contributed by atoms with E-state index in [1.807, 2.05) is 51.0 Å². The van der Waals surface area contributed by atoms with E-state index in [-0.39, 0.29) is 23.0 Å². The number of hydrogen-bond acceptors (Lipinski definition) is 7. The third kappa shape index (κ3) is 5.06. The van der Waals surface area contributed by atoms with Crippen molar-refractivity contribution in [2.24, 2.45) is 0 Å². The van der Waals surface area contributed by atoms with Crippen molar-refractivity contribution in [3.05, 3.63) is 63.4 Å². The van der Waals surface area contributed by atoms with Crippen LogP contribution in [0.4, 0.5) is 8.78 Å². The summed E-state index contributed by atoms with van der Waals surface area (Å²) in [6.45, 7) is 0.812. The molecule has 1 atom stereocenters. The Morgan fingerprint density at radius 2 is 2.00 bits per heavy atom. The first-order valence-corrected chi connectivity index (χ1v) is 11.7. The molecule has 2 aromatic carbocycles. The molecule has 0 aliphatic carbocycles. The second-order valence-electron chi connectivity index (χ2n) is 7.96. The van der Waals surface area contributed by atoms with Gasteiger partial charge in [-0.05, 0) is 63.7 Å². The maximum Gasteiger partial charge on any atom is 0.387 e. The highest BCUT2D eigenvalue weighted by molar-refractivity contribution is 7.11. The monoisotopic (exact) mass is 495 g/mol. The second-order valence-corrected chi connectivity index (χ2v) is 9.14. The van der Waals surface area contributed by atoms with Crippen LogP contribution in [0.1, 0.15) is 51.1 Å². The first-order valence-electron chi connectivity index (χ1n) is 10.9. The number of alkyl halides is 2. The molecule has 0 saturated carbocycles. The standard InChI is InChI=1S/C25H23F2N5O2S/c1-5-19(31(3)4)24-28-18-11-9-16(10-12-22-30-29-15(2)35-22)13-20(18)32(24)23-17(14-33)7-6-8-21(23)34-25(26)27/h6-9,11,13-14,19,25H,5H2,1-4H3. The van der Waals surface area contributed by atoms with Gasteiger partial charge in [0.15, 0.2) is 17.0 Å². The number of imidazole rings is 1. The summed E-state index contributed by atoms with van der Waals surface area (Å²) in [4.78, 5) is 18.8. The fourth-order valence-electron chi connectivity index (χ4n) is 3.95. The van der Waals surface area contributed by atoms with Gasteiger partial charge in [-0.2, -0.15) is 8.78 Å². The van der Waals surface area contributed by atoms with Crippen LogP contribution >= 0.6 is 11.3 Å². The van der Waals surface area contributed by atoms with Crippen molar-refractivity contribution in [2.75, 3.05) is 14.1 Å². The topological polar surface area (TPSA) is 73.1 Å². The molecule has 10 heteroatoms. The van der Waals surface area contributed by atoms with Crippen LogP contribution in [0.25, 0.3) is 16.7 Å². The van der Waals surface area contributed by atoms with Crippen LogP contribution in [0.5, 0.6) is 5.75 Å². The van der Waals surface area contributed by atoms with Crippen LogP contribution in [-0.4, -0.2) is 51.6 Å². The number of fused-ring (bicyclic) bond motifs is 1. The van der Waals surface area contributed by atoms with Crippen molar-refractivity contribution >= 4 is 28.7 Å². The summed E-state index contributed by atoms with van der Waals surface area (Å²) in [7, 11) is 3.84. The normalized spacial score (nSPS) is 12.1. The van der Waals surface area contributed by atoms with Crippen LogP contribution in [0.3, 0.4) is 0 Å². The summed E-state index contributed by atoms with van der Waals surface area (Å²) in [5.74, 6) is 6.57. The summed E-state index contributed by atoms with van der Waals surface area (Å²) in [5, 5.41) is 9.41. The Bertz CT molecular complexity index is 1430. The summed E-state index contributed by atoms with van der Waals surface area (Å²) in [6.07, 6.45) is 1.33. The van der Waals surface area contributed by atoms with Gasteiger partial charge in [-0.3, -0.25) is 14.3 Å². The molecule has 0 aliphatic heterocycles. The lowest BCUT2D eigenvalue weighted by Gasteiger charge is -2.25. The van der Waals surface area contributed by atoms with Crippen LogP contribution in [0.15, 0.2) is 36.4 Å². The number of carbonyl (C=O) groups is 1. The molecule has 1 unspecified atom stereocenters.